The molecule has 18 heavy (non-hydrogen) atoms. The highest BCUT2D eigenvalue weighted by Gasteiger charge is 2.35. The smallest absolute Gasteiger partial charge is 0.00388 e. The first kappa shape index (κ1) is 16.0. The molecule has 0 aliphatic heterocycles. The zero-order valence-corrected chi connectivity index (χ0v) is 12.8. The molecule has 0 spiro atoms. The number of hydrogen-bond acceptors (Lipinski definition) is 1. The molecule has 3 unspecified atom stereocenters. The number of rotatable bonds is 12. The van der Waals surface area contributed by atoms with Gasteiger partial charge in [-0.2, -0.15) is 0 Å². The van der Waals surface area contributed by atoms with Crippen LogP contribution in [0, 0.1) is 11.8 Å². The molecule has 1 nitrogen and oxygen atoms in total. The summed E-state index contributed by atoms with van der Waals surface area (Å²) >= 11 is 0. The van der Waals surface area contributed by atoms with Crippen LogP contribution in [0.4, 0.5) is 0 Å². The fourth-order valence-corrected chi connectivity index (χ4v) is 3.10. The molecule has 3 atom stereocenters. The van der Waals surface area contributed by atoms with Crippen LogP contribution in [0.2, 0.25) is 0 Å². The van der Waals surface area contributed by atoms with Crippen LogP contribution in [0.3, 0.4) is 0 Å². The molecule has 2 N–H and O–H groups in total. The van der Waals surface area contributed by atoms with E-state index in [0.29, 0.717) is 6.04 Å². The maximum atomic E-state index is 6.11. The average molecular weight is 253 g/mol. The highest BCUT2D eigenvalue weighted by atomic mass is 14.6. The van der Waals surface area contributed by atoms with Crippen molar-refractivity contribution in [3.63, 3.8) is 0 Å². The molecule has 0 aromatic carbocycles. The normalized spacial score (nSPS) is 24.2. The minimum Gasteiger partial charge on any atom is -0.328 e. The summed E-state index contributed by atoms with van der Waals surface area (Å²) in [5.41, 5.74) is 6.11. The molecule has 0 aromatic rings. The quantitative estimate of drug-likeness (QED) is 0.470. The second-order valence-corrected chi connectivity index (χ2v) is 6.44. The Balaban J connectivity index is 1.86. The lowest BCUT2D eigenvalue weighted by Gasteiger charge is -2.10. The molecule has 1 aliphatic carbocycles. The van der Waals surface area contributed by atoms with Crippen molar-refractivity contribution in [1.82, 2.24) is 0 Å². The van der Waals surface area contributed by atoms with Crippen molar-refractivity contribution in [2.24, 2.45) is 17.6 Å². The highest BCUT2D eigenvalue weighted by Crippen LogP contribution is 2.45. The van der Waals surface area contributed by atoms with Crippen molar-refractivity contribution in [1.29, 1.82) is 0 Å². The molecule has 0 saturated heterocycles. The standard InChI is InChI=1S/C17H35N/c1-3-5-7-8-10-15-14-16(15)11-9-13-17(18)12-6-4-2/h15-17H,3-14,18H2,1-2H3. The Morgan fingerprint density at radius 3 is 2.11 bits per heavy atom. The van der Waals surface area contributed by atoms with Crippen molar-refractivity contribution in [2.75, 3.05) is 0 Å². The van der Waals surface area contributed by atoms with E-state index >= 15 is 0 Å². The third-order valence-corrected chi connectivity index (χ3v) is 4.58. The van der Waals surface area contributed by atoms with Gasteiger partial charge in [-0.25, -0.2) is 0 Å². The van der Waals surface area contributed by atoms with Gasteiger partial charge in [0.1, 0.15) is 0 Å². The lowest BCUT2D eigenvalue weighted by Crippen LogP contribution is -2.19. The summed E-state index contributed by atoms with van der Waals surface area (Å²) in [4.78, 5) is 0. The van der Waals surface area contributed by atoms with Gasteiger partial charge >= 0.3 is 0 Å². The Morgan fingerprint density at radius 2 is 1.44 bits per heavy atom. The van der Waals surface area contributed by atoms with E-state index in [2.05, 4.69) is 13.8 Å². The Kier molecular flexibility index (Phi) is 8.75. The second-order valence-electron chi connectivity index (χ2n) is 6.44. The van der Waals surface area contributed by atoms with Gasteiger partial charge in [-0.05, 0) is 31.1 Å². The van der Waals surface area contributed by atoms with Gasteiger partial charge in [0.15, 0.2) is 0 Å². The summed E-state index contributed by atoms with van der Waals surface area (Å²) < 4.78 is 0. The van der Waals surface area contributed by atoms with Crippen LogP contribution in [-0.2, 0) is 0 Å². The minimum absolute atomic E-state index is 0.478. The van der Waals surface area contributed by atoms with Crippen LogP contribution in [0.1, 0.15) is 90.9 Å². The van der Waals surface area contributed by atoms with Gasteiger partial charge in [-0.1, -0.05) is 71.6 Å². The van der Waals surface area contributed by atoms with Crippen LogP contribution in [0.5, 0.6) is 0 Å². The second kappa shape index (κ2) is 9.83. The highest BCUT2D eigenvalue weighted by molar-refractivity contribution is 4.86. The Hall–Kier alpha value is -0.0400. The molecule has 0 aromatic heterocycles. The lowest BCUT2D eigenvalue weighted by molar-refractivity contribution is 0.484. The van der Waals surface area contributed by atoms with Crippen molar-refractivity contribution >= 4 is 0 Å². The summed E-state index contributed by atoms with van der Waals surface area (Å²) in [5.74, 6) is 2.17. The first-order valence-corrected chi connectivity index (χ1v) is 8.53. The molecule has 1 fully saturated rings. The van der Waals surface area contributed by atoms with Gasteiger partial charge in [0.2, 0.25) is 0 Å². The third-order valence-electron chi connectivity index (χ3n) is 4.58. The number of nitrogens with two attached hydrogens (primary N) is 1. The summed E-state index contributed by atoms with van der Waals surface area (Å²) in [6.07, 6.45) is 16.7. The molecule has 108 valence electrons. The largest absolute Gasteiger partial charge is 0.328 e. The summed E-state index contributed by atoms with van der Waals surface area (Å²) in [7, 11) is 0. The third kappa shape index (κ3) is 7.41. The Bertz CT molecular complexity index is 190. The zero-order valence-electron chi connectivity index (χ0n) is 12.8. The van der Waals surface area contributed by atoms with Crippen molar-refractivity contribution in [2.45, 2.75) is 96.9 Å². The number of hydrogen-bond donors (Lipinski definition) is 1. The van der Waals surface area contributed by atoms with Crippen LogP contribution >= 0.6 is 0 Å². The monoisotopic (exact) mass is 253 g/mol. The van der Waals surface area contributed by atoms with E-state index in [1.54, 1.807) is 0 Å². The summed E-state index contributed by atoms with van der Waals surface area (Å²) in [6.45, 7) is 4.54. The van der Waals surface area contributed by atoms with E-state index in [9.17, 15) is 0 Å². The molecule has 0 bridgehead atoms. The predicted octanol–water partition coefficient (Wildman–Crippen LogP) is 5.28. The minimum atomic E-state index is 0.478. The Morgan fingerprint density at radius 1 is 0.833 bits per heavy atom. The summed E-state index contributed by atoms with van der Waals surface area (Å²) in [5, 5.41) is 0. The van der Waals surface area contributed by atoms with E-state index in [4.69, 9.17) is 5.73 Å². The van der Waals surface area contributed by atoms with Crippen molar-refractivity contribution < 1.29 is 0 Å². The summed E-state index contributed by atoms with van der Waals surface area (Å²) in [6, 6.07) is 0.478. The Labute approximate surface area is 115 Å². The van der Waals surface area contributed by atoms with E-state index in [1.165, 1.54) is 77.0 Å². The molecule has 1 rings (SSSR count). The molecule has 0 radical (unpaired) electrons. The van der Waals surface area contributed by atoms with Crippen molar-refractivity contribution in [3.05, 3.63) is 0 Å². The van der Waals surface area contributed by atoms with Crippen molar-refractivity contribution in [3.8, 4) is 0 Å². The van der Waals surface area contributed by atoms with Crippen LogP contribution in [0.15, 0.2) is 0 Å². The number of unbranched alkanes of at least 4 members (excludes halogenated alkanes) is 4. The lowest BCUT2D eigenvalue weighted by atomic mass is 10.0. The molecule has 1 heteroatoms. The van der Waals surface area contributed by atoms with Gasteiger partial charge in [-0.15, -0.1) is 0 Å². The van der Waals surface area contributed by atoms with Crippen LogP contribution < -0.4 is 5.73 Å². The van der Waals surface area contributed by atoms with E-state index < -0.39 is 0 Å². The van der Waals surface area contributed by atoms with Gasteiger partial charge in [0.25, 0.3) is 0 Å². The zero-order chi connectivity index (χ0) is 13.2. The first-order valence-electron chi connectivity index (χ1n) is 8.53. The fourth-order valence-electron chi connectivity index (χ4n) is 3.10. The molecule has 1 saturated carbocycles. The molecular weight excluding hydrogens is 218 g/mol. The SMILES string of the molecule is CCCCCCC1CC1CCCC(N)CCCC. The van der Waals surface area contributed by atoms with E-state index in [0.717, 1.165) is 11.8 Å². The van der Waals surface area contributed by atoms with Gasteiger partial charge in [0, 0.05) is 6.04 Å². The van der Waals surface area contributed by atoms with Crippen LogP contribution in [0.25, 0.3) is 0 Å². The molecule has 0 heterocycles. The predicted molar refractivity (Wildman–Crippen MR) is 81.7 cm³/mol. The van der Waals surface area contributed by atoms with E-state index in [1.807, 2.05) is 0 Å². The molecule has 1 aliphatic rings. The van der Waals surface area contributed by atoms with Gasteiger partial charge in [0.05, 0.1) is 0 Å². The maximum Gasteiger partial charge on any atom is 0.00388 e. The molecular formula is C17H35N. The molecule has 0 amide bonds. The first-order chi connectivity index (χ1) is 8.77. The van der Waals surface area contributed by atoms with Gasteiger partial charge < -0.3 is 5.73 Å². The van der Waals surface area contributed by atoms with Gasteiger partial charge in [-0.3, -0.25) is 0 Å². The maximum absolute atomic E-state index is 6.11. The topological polar surface area (TPSA) is 26.0 Å². The van der Waals surface area contributed by atoms with Crippen LogP contribution in [-0.4, -0.2) is 6.04 Å². The van der Waals surface area contributed by atoms with E-state index in [-0.39, 0.29) is 0 Å². The average Bonchev–Trinajstić information content (AvgIpc) is 3.11. The fraction of sp³-hybridized carbons (Fsp3) is 1.00.